The highest BCUT2D eigenvalue weighted by Gasteiger charge is 2.15. The average Bonchev–Trinajstić information content (AvgIpc) is 3.02. The fourth-order valence-corrected chi connectivity index (χ4v) is 3.38. The van der Waals surface area contributed by atoms with Crippen molar-refractivity contribution in [3.63, 3.8) is 0 Å². The molecule has 0 fully saturated rings. The van der Waals surface area contributed by atoms with Gasteiger partial charge >= 0.3 is 0 Å². The van der Waals surface area contributed by atoms with Gasteiger partial charge in [0.2, 0.25) is 0 Å². The van der Waals surface area contributed by atoms with Crippen LogP contribution in [0.25, 0.3) is 27.6 Å². The van der Waals surface area contributed by atoms with Crippen LogP contribution >= 0.6 is 0 Å². The van der Waals surface area contributed by atoms with Crippen molar-refractivity contribution in [1.82, 2.24) is 14.3 Å². The Bertz CT molecular complexity index is 1140. The van der Waals surface area contributed by atoms with E-state index in [0.29, 0.717) is 0 Å². The van der Waals surface area contributed by atoms with Crippen LogP contribution in [0.15, 0.2) is 65.6 Å². The molecule has 4 nitrogen and oxygen atoms in total. The molecule has 0 unspecified atom stereocenters. The molecule has 2 aromatic carbocycles. The van der Waals surface area contributed by atoms with E-state index in [1.54, 1.807) is 4.57 Å². The van der Waals surface area contributed by atoms with Crippen LogP contribution in [-0.2, 0) is 7.05 Å². The van der Waals surface area contributed by atoms with Gasteiger partial charge in [0, 0.05) is 29.7 Å². The van der Waals surface area contributed by atoms with Crippen molar-refractivity contribution in [1.29, 1.82) is 0 Å². The van der Waals surface area contributed by atoms with Crippen LogP contribution in [0.1, 0.15) is 25.2 Å². The highest BCUT2D eigenvalue weighted by molar-refractivity contribution is 5.96. The van der Waals surface area contributed by atoms with Crippen molar-refractivity contribution in [2.45, 2.75) is 27.7 Å². The molecule has 0 saturated heterocycles. The second kappa shape index (κ2) is 7.62. The molecule has 0 aliphatic rings. The number of para-hydroxylation sites is 1. The van der Waals surface area contributed by atoms with Crippen molar-refractivity contribution >= 4 is 10.8 Å². The summed E-state index contributed by atoms with van der Waals surface area (Å²) < 4.78 is 3.61. The van der Waals surface area contributed by atoms with Crippen LogP contribution in [0.2, 0.25) is 0 Å². The third-order valence-corrected chi connectivity index (χ3v) is 4.77. The number of aromatic nitrogens is 3. The maximum Gasteiger partial charge on any atom is 0.263 e. The van der Waals surface area contributed by atoms with Crippen molar-refractivity contribution in [3.8, 4) is 16.8 Å². The molecule has 0 bridgehead atoms. The topological polar surface area (TPSA) is 39.8 Å². The first kappa shape index (κ1) is 18.6. The van der Waals surface area contributed by atoms with Crippen LogP contribution in [-0.4, -0.2) is 14.3 Å². The van der Waals surface area contributed by atoms with E-state index >= 15 is 0 Å². The Morgan fingerprint density at radius 3 is 2.22 bits per heavy atom. The largest absolute Gasteiger partial charge is 0.281 e. The first-order valence-corrected chi connectivity index (χ1v) is 9.27. The first-order valence-electron chi connectivity index (χ1n) is 9.27. The average molecular weight is 359 g/mol. The molecule has 0 spiro atoms. The fraction of sp³-hybridized carbons (Fsp3) is 0.217. The van der Waals surface area contributed by atoms with Gasteiger partial charge in [-0.25, -0.2) is 0 Å². The lowest BCUT2D eigenvalue weighted by Gasteiger charge is -2.14. The van der Waals surface area contributed by atoms with E-state index in [2.05, 4.69) is 11.2 Å². The predicted octanol–water partition coefficient (Wildman–Crippen LogP) is 5.03. The van der Waals surface area contributed by atoms with Gasteiger partial charge in [-0.2, -0.15) is 5.10 Å². The van der Waals surface area contributed by atoms with Gasteiger partial charge in [-0.05, 0) is 43.0 Å². The molecule has 2 aromatic heterocycles. The number of pyridine rings is 1. The number of hydrogen-bond donors (Lipinski definition) is 0. The molecular formula is C23H25N3O. The first-order chi connectivity index (χ1) is 13.1. The SMILES string of the molecule is CC.Cc1c(-c2cccc3cc(C)n(-c4ccccc4)c(=O)c23)cnn1C. The Morgan fingerprint density at radius 1 is 0.889 bits per heavy atom. The number of rotatable bonds is 2. The number of nitrogens with zero attached hydrogens (tertiary/aromatic N) is 3. The molecule has 0 saturated carbocycles. The van der Waals surface area contributed by atoms with E-state index in [0.717, 1.165) is 39.0 Å². The Balaban J connectivity index is 0.00000102. The fourth-order valence-electron chi connectivity index (χ4n) is 3.38. The number of fused-ring (bicyclic) bond motifs is 1. The summed E-state index contributed by atoms with van der Waals surface area (Å²) in [6.45, 7) is 7.99. The van der Waals surface area contributed by atoms with Gasteiger partial charge in [-0.3, -0.25) is 14.0 Å². The molecule has 0 amide bonds. The molecule has 4 rings (SSSR count). The summed E-state index contributed by atoms with van der Waals surface area (Å²) in [7, 11) is 1.91. The van der Waals surface area contributed by atoms with Crippen LogP contribution in [0.3, 0.4) is 0 Å². The third kappa shape index (κ3) is 3.19. The Labute approximate surface area is 159 Å². The lowest BCUT2D eigenvalue weighted by molar-refractivity contribution is 0.740. The minimum atomic E-state index is 0.0000491. The minimum absolute atomic E-state index is 0.0000491. The highest BCUT2D eigenvalue weighted by atomic mass is 16.1. The number of hydrogen-bond acceptors (Lipinski definition) is 2. The third-order valence-electron chi connectivity index (χ3n) is 4.77. The summed E-state index contributed by atoms with van der Waals surface area (Å²) in [5.41, 5.74) is 4.76. The molecule has 0 atom stereocenters. The molecule has 138 valence electrons. The zero-order valence-corrected chi connectivity index (χ0v) is 16.5. The standard InChI is InChI=1S/C21H19N3O.C2H6/c1-14-12-16-8-7-11-18(19-13-22-23(3)15(19)2)20(16)21(25)24(14)17-9-5-4-6-10-17;1-2/h4-13H,1-3H3;1-2H3. The summed E-state index contributed by atoms with van der Waals surface area (Å²) in [4.78, 5) is 13.4. The van der Waals surface area contributed by atoms with Crippen LogP contribution in [0.4, 0.5) is 0 Å². The van der Waals surface area contributed by atoms with E-state index in [-0.39, 0.29) is 5.56 Å². The van der Waals surface area contributed by atoms with Gasteiger partial charge in [0.1, 0.15) is 0 Å². The molecule has 0 radical (unpaired) electrons. The van der Waals surface area contributed by atoms with Crippen LogP contribution in [0, 0.1) is 13.8 Å². The maximum absolute atomic E-state index is 13.4. The molecule has 27 heavy (non-hydrogen) atoms. The normalized spacial score (nSPS) is 10.6. The van der Waals surface area contributed by atoms with Crippen molar-refractivity contribution in [3.05, 3.63) is 82.5 Å². The highest BCUT2D eigenvalue weighted by Crippen LogP contribution is 2.29. The Hall–Kier alpha value is -3.14. The lowest BCUT2D eigenvalue weighted by Crippen LogP contribution is -2.21. The smallest absolute Gasteiger partial charge is 0.263 e. The van der Waals surface area contributed by atoms with Gasteiger partial charge in [0.05, 0.1) is 11.6 Å². The number of aryl methyl sites for hydroxylation is 2. The predicted molar refractivity (Wildman–Crippen MR) is 113 cm³/mol. The monoisotopic (exact) mass is 359 g/mol. The second-order valence-corrected chi connectivity index (χ2v) is 6.30. The molecule has 0 aliphatic heterocycles. The van der Waals surface area contributed by atoms with Gasteiger partial charge < -0.3 is 0 Å². The Kier molecular flexibility index (Phi) is 5.26. The van der Waals surface area contributed by atoms with Crippen molar-refractivity contribution in [2.24, 2.45) is 7.05 Å². The molecule has 4 heteroatoms. The maximum atomic E-state index is 13.4. The zero-order valence-electron chi connectivity index (χ0n) is 16.5. The molecule has 4 aromatic rings. The van der Waals surface area contributed by atoms with Gasteiger partial charge in [-0.1, -0.05) is 50.2 Å². The van der Waals surface area contributed by atoms with Crippen molar-refractivity contribution in [2.75, 3.05) is 0 Å². The number of benzene rings is 2. The van der Waals surface area contributed by atoms with Gasteiger partial charge in [-0.15, -0.1) is 0 Å². The zero-order chi connectivity index (χ0) is 19.6. The second-order valence-electron chi connectivity index (χ2n) is 6.30. The summed E-state index contributed by atoms with van der Waals surface area (Å²) in [6.07, 6.45) is 1.83. The van der Waals surface area contributed by atoms with E-state index in [9.17, 15) is 4.79 Å². The van der Waals surface area contributed by atoms with E-state index in [1.807, 2.05) is 94.2 Å². The molecule has 0 N–H and O–H groups in total. The molecule has 0 aliphatic carbocycles. The summed E-state index contributed by atoms with van der Waals surface area (Å²) in [5, 5.41) is 6.02. The molecule has 2 heterocycles. The van der Waals surface area contributed by atoms with E-state index in [4.69, 9.17) is 0 Å². The van der Waals surface area contributed by atoms with E-state index < -0.39 is 0 Å². The van der Waals surface area contributed by atoms with Crippen LogP contribution in [0.5, 0.6) is 0 Å². The van der Waals surface area contributed by atoms with E-state index in [1.165, 1.54) is 0 Å². The Morgan fingerprint density at radius 2 is 1.59 bits per heavy atom. The summed E-state index contributed by atoms with van der Waals surface area (Å²) in [5.74, 6) is 0. The quantitative estimate of drug-likeness (QED) is 0.503. The van der Waals surface area contributed by atoms with Crippen molar-refractivity contribution < 1.29 is 0 Å². The minimum Gasteiger partial charge on any atom is -0.281 e. The summed E-state index contributed by atoms with van der Waals surface area (Å²) in [6, 6.07) is 17.8. The summed E-state index contributed by atoms with van der Waals surface area (Å²) >= 11 is 0. The van der Waals surface area contributed by atoms with Gasteiger partial charge in [0.15, 0.2) is 0 Å². The van der Waals surface area contributed by atoms with Crippen LogP contribution < -0.4 is 5.56 Å². The molecular weight excluding hydrogens is 334 g/mol. The lowest BCUT2D eigenvalue weighted by atomic mass is 9.99. The van der Waals surface area contributed by atoms with Gasteiger partial charge in [0.25, 0.3) is 5.56 Å².